The quantitative estimate of drug-likeness (QED) is 0.784. The molecule has 0 aromatic heterocycles. The van der Waals surface area contributed by atoms with Crippen LogP contribution in [0.3, 0.4) is 0 Å². The van der Waals surface area contributed by atoms with Crippen molar-refractivity contribution in [3.8, 4) is 0 Å². The second kappa shape index (κ2) is 4.67. The fourth-order valence-corrected chi connectivity index (χ4v) is 5.20. The van der Waals surface area contributed by atoms with Crippen LogP contribution < -0.4 is 5.32 Å². The van der Waals surface area contributed by atoms with Crippen LogP contribution in [0.1, 0.15) is 33.1 Å². The van der Waals surface area contributed by atoms with E-state index in [1.165, 1.54) is 32.5 Å². The maximum atomic E-state index is 6.11. The van der Waals surface area contributed by atoms with E-state index in [1.54, 1.807) is 0 Å². The monoisotopic (exact) mass is 280 g/mol. The number of hydrogen-bond acceptors (Lipinski definition) is 4. The van der Waals surface area contributed by atoms with Gasteiger partial charge in [-0.2, -0.15) is 0 Å². The number of rotatable bonds is 1. The molecule has 4 fully saturated rings. The first kappa shape index (κ1) is 13.5. The Morgan fingerprint density at radius 3 is 2.85 bits per heavy atom. The molecule has 0 aliphatic carbocycles. The highest BCUT2D eigenvalue weighted by molar-refractivity contribution is 5.08. The number of fused-ring (bicyclic) bond motifs is 1. The summed E-state index contributed by atoms with van der Waals surface area (Å²) in [6, 6.07) is 0.686. The Kier molecular flexibility index (Phi) is 3.15. The summed E-state index contributed by atoms with van der Waals surface area (Å²) in [7, 11) is 0. The smallest absolute Gasteiger partial charge is 0.0951 e. The van der Waals surface area contributed by atoms with Crippen LogP contribution in [0.15, 0.2) is 0 Å². The lowest BCUT2D eigenvalue weighted by molar-refractivity contribution is -0.114. The van der Waals surface area contributed by atoms with E-state index >= 15 is 0 Å². The molecule has 4 nitrogen and oxygen atoms in total. The Hall–Kier alpha value is -0.160. The van der Waals surface area contributed by atoms with Gasteiger partial charge in [-0.05, 0) is 45.1 Å². The van der Waals surface area contributed by atoms with E-state index in [0.29, 0.717) is 11.6 Å². The van der Waals surface area contributed by atoms with Gasteiger partial charge in [0, 0.05) is 44.3 Å². The van der Waals surface area contributed by atoms with Crippen molar-refractivity contribution in [1.82, 2.24) is 10.2 Å². The van der Waals surface area contributed by atoms with Gasteiger partial charge >= 0.3 is 0 Å². The van der Waals surface area contributed by atoms with E-state index in [1.807, 2.05) is 0 Å². The minimum atomic E-state index is 0.0367. The van der Waals surface area contributed by atoms with Crippen LogP contribution in [0.2, 0.25) is 0 Å². The van der Waals surface area contributed by atoms with Gasteiger partial charge in [0.05, 0.1) is 12.2 Å². The summed E-state index contributed by atoms with van der Waals surface area (Å²) in [6.07, 6.45) is 3.45. The van der Waals surface area contributed by atoms with E-state index in [4.69, 9.17) is 9.47 Å². The number of nitrogens with one attached hydrogen (secondary N) is 1. The highest BCUT2D eigenvalue weighted by Crippen LogP contribution is 2.45. The molecule has 4 aliphatic rings. The molecule has 0 aromatic carbocycles. The predicted octanol–water partition coefficient (Wildman–Crippen LogP) is 1.25. The van der Waals surface area contributed by atoms with Gasteiger partial charge in [-0.15, -0.1) is 0 Å². The van der Waals surface area contributed by atoms with Gasteiger partial charge in [-0.1, -0.05) is 0 Å². The van der Waals surface area contributed by atoms with Crippen LogP contribution in [0.25, 0.3) is 0 Å². The summed E-state index contributed by atoms with van der Waals surface area (Å²) in [4.78, 5) is 2.81. The highest BCUT2D eigenvalue weighted by Gasteiger charge is 2.53. The first-order valence-corrected chi connectivity index (χ1v) is 8.30. The zero-order valence-electron chi connectivity index (χ0n) is 12.9. The molecule has 1 N–H and O–H groups in total. The molecule has 0 bridgehead atoms. The Balaban J connectivity index is 1.52. The lowest BCUT2D eigenvalue weighted by Gasteiger charge is -2.46. The summed E-state index contributed by atoms with van der Waals surface area (Å²) in [5.41, 5.74) is 0.367. The van der Waals surface area contributed by atoms with E-state index in [0.717, 1.165) is 38.1 Å². The largest absolute Gasteiger partial charge is 0.378 e. The average Bonchev–Trinajstić information content (AvgIpc) is 3.09. The zero-order valence-corrected chi connectivity index (χ0v) is 12.9. The van der Waals surface area contributed by atoms with Gasteiger partial charge in [0.25, 0.3) is 0 Å². The Bertz CT molecular complexity index is 379. The molecule has 0 saturated carbocycles. The third-order valence-corrected chi connectivity index (χ3v) is 6.39. The van der Waals surface area contributed by atoms with Crippen LogP contribution in [0.5, 0.6) is 0 Å². The fourth-order valence-electron chi connectivity index (χ4n) is 5.20. The van der Waals surface area contributed by atoms with E-state index in [2.05, 4.69) is 24.1 Å². The summed E-state index contributed by atoms with van der Waals surface area (Å²) in [5, 5.41) is 3.58. The second-order valence-electron chi connectivity index (χ2n) is 7.81. The summed E-state index contributed by atoms with van der Waals surface area (Å²) >= 11 is 0. The van der Waals surface area contributed by atoms with Crippen LogP contribution >= 0.6 is 0 Å². The first-order chi connectivity index (χ1) is 9.61. The second-order valence-corrected chi connectivity index (χ2v) is 7.81. The molecule has 20 heavy (non-hydrogen) atoms. The molecule has 4 heterocycles. The lowest BCUT2D eigenvalue weighted by atomic mass is 9.83. The molecule has 4 saturated heterocycles. The van der Waals surface area contributed by atoms with Crippen molar-refractivity contribution in [3.63, 3.8) is 0 Å². The molecule has 0 amide bonds. The van der Waals surface area contributed by atoms with Gasteiger partial charge < -0.3 is 14.8 Å². The summed E-state index contributed by atoms with van der Waals surface area (Å²) in [6.45, 7) is 11.2. The SMILES string of the molecule is CC1(C)C2CNCC2CN1C1CCOC2(CCOC2)C1. The molecule has 0 aromatic rings. The fraction of sp³-hybridized carbons (Fsp3) is 1.00. The molecule has 4 heteroatoms. The van der Waals surface area contributed by atoms with Crippen molar-refractivity contribution in [2.24, 2.45) is 11.8 Å². The van der Waals surface area contributed by atoms with Gasteiger partial charge in [0.1, 0.15) is 0 Å². The molecule has 4 rings (SSSR count). The van der Waals surface area contributed by atoms with Gasteiger partial charge in [0.2, 0.25) is 0 Å². The van der Waals surface area contributed by atoms with Crippen molar-refractivity contribution in [3.05, 3.63) is 0 Å². The van der Waals surface area contributed by atoms with Crippen molar-refractivity contribution >= 4 is 0 Å². The maximum Gasteiger partial charge on any atom is 0.0951 e. The minimum absolute atomic E-state index is 0.0367. The highest BCUT2D eigenvalue weighted by atomic mass is 16.6. The van der Waals surface area contributed by atoms with E-state index in [9.17, 15) is 0 Å². The maximum absolute atomic E-state index is 6.11. The lowest BCUT2D eigenvalue weighted by Crippen LogP contribution is -2.55. The minimum Gasteiger partial charge on any atom is -0.378 e. The molecule has 4 aliphatic heterocycles. The molecule has 0 radical (unpaired) electrons. The van der Waals surface area contributed by atoms with Crippen LogP contribution in [0.4, 0.5) is 0 Å². The van der Waals surface area contributed by atoms with Crippen LogP contribution in [-0.4, -0.2) is 61.5 Å². The van der Waals surface area contributed by atoms with Crippen LogP contribution in [-0.2, 0) is 9.47 Å². The summed E-state index contributed by atoms with van der Waals surface area (Å²) in [5.74, 6) is 1.67. The molecule has 4 unspecified atom stereocenters. The summed E-state index contributed by atoms with van der Waals surface area (Å²) < 4.78 is 11.7. The average molecular weight is 280 g/mol. The van der Waals surface area contributed by atoms with Crippen molar-refractivity contribution < 1.29 is 9.47 Å². The normalized spacial score (nSPS) is 48.0. The van der Waals surface area contributed by atoms with Crippen molar-refractivity contribution in [2.45, 2.75) is 50.3 Å². The van der Waals surface area contributed by atoms with Gasteiger partial charge in [-0.25, -0.2) is 0 Å². The molecule has 1 spiro atoms. The topological polar surface area (TPSA) is 33.7 Å². The Morgan fingerprint density at radius 2 is 2.10 bits per heavy atom. The molecular formula is C16H28N2O2. The predicted molar refractivity (Wildman–Crippen MR) is 77.8 cm³/mol. The standard InChI is InChI=1S/C16H28N2O2/c1-15(2)14-9-17-8-12(14)10-18(15)13-3-5-20-16(7-13)4-6-19-11-16/h12-14,17H,3-11H2,1-2H3. The van der Waals surface area contributed by atoms with Crippen molar-refractivity contribution in [1.29, 1.82) is 0 Å². The number of hydrogen-bond donors (Lipinski definition) is 1. The van der Waals surface area contributed by atoms with Crippen molar-refractivity contribution in [2.75, 3.05) is 39.5 Å². The van der Waals surface area contributed by atoms with Crippen LogP contribution in [0, 0.1) is 11.8 Å². The Morgan fingerprint density at radius 1 is 1.20 bits per heavy atom. The number of likely N-dealkylation sites (tertiary alicyclic amines) is 1. The zero-order chi connectivity index (χ0) is 13.8. The molecule has 114 valence electrons. The van der Waals surface area contributed by atoms with Gasteiger partial charge in [0.15, 0.2) is 0 Å². The Labute approximate surface area is 122 Å². The number of ether oxygens (including phenoxy) is 2. The van der Waals surface area contributed by atoms with Gasteiger partial charge in [-0.3, -0.25) is 4.90 Å². The number of nitrogens with zero attached hydrogens (tertiary/aromatic N) is 1. The van der Waals surface area contributed by atoms with E-state index < -0.39 is 0 Å². The third kappa shape index (κ3) is 1.96. The first-order valence-electron chi connectivity index (χ1n) is 8.30. The molecular weight excluding hydrogens is 252 g/mol. The van der Waals surface area contributed by atoms with E-state index in [-0.39, 0.29) is 5.60 Å². The third-order valence-electron chi connectivity index (χ3n) is 6.39. The molecule has 4 atom stereocenters.